The molecule has 1 aromatic carbocycles. The summed E-state index contributed by atoms with van der Waals surface area (Å²) in [5, 5.41) is 18.5. The number of benzene rings is 1. The van der Waals surface area contributed by atoms with Crippen LogP contribution in [0.3, 0.4) is 0 Å². The van der Waals surface area contributed by atoms with Crippen molar-refractivity contribution in [3.05, 3.63) is 34.9 Å². The number of aromatic hydroxyl groups is 1. The van der Waals surface area contributed by atoms with Crippen molar-refractivity contribution in [1.82, 2.24) is 0 Å². The van der Waals surface area contributed by atoms with Crippen LogP contribution in [0.15, 0.2) is 24.3 Å². The fourth-order valence-electron chi connectivity index (χ4n) is 0.944. The van der Waals surface area contributed by atoms with Gasteiger partial charge in [-0.25, -0.2) is 0 Å². The third-order valence-electron chi connectivity index (χ3n) is 1.58. The van der Waals surface area contributed by atoms with Crippen LogP contribution < -0.4 is 0 Å². The molecule has 0 spiro atoms. The predicted octanol–water partition coefficient (Wildman–Crippen LogP) is 2.44. The highest BCUT2D eigenvalue weighted by molar-refractivity contribution is 6.30. The Labute approximate surface area is 82.1 Å². The first-order valence-corrected chi connectivity index (χ1v) is 4.38. The highest BCUT2D eigenvalue weighted by Gasteiger charge is 1.96. The van der Waals surface area contributed by atoms with Crippen molar-refractivity contribution >= 4 is 17.7 Å². The SMILES string of the molecule is OCCC=Cc1cc(Cl)ccc1O. The Morgan fingerprint density at radius 2 is 2.15 bits per heavy atom. The molecule has 0 amide bonds. The van der Waals surface area contributed by atoms with Crippen molar-refractivity contribution in [3.8, 4) is 5.75 Å². The van der Waals surface area contributed by atoms with E-state index in [9.17, 15) is 5.11 Å². The lowest BCUT2D eigenvalue weighted by atomic mass is 10.2. The van der Waals surface area contributed by atoms with Crippen LogP contribution in [0.2, 0.25) is 5.02 Å². The molecule has 0 aliphatic carbocycles. The first-order valence-electron chi connectivity index (χ1n) is 4.00. The van der Waals surface area contributed by atoms with E-state index < -0.39 is 0 Å². The molecule has 0 unspecified atom stereocenters. The maximum atomic E-state index is 9.36. The zero-order valence-electron chi connectivity index (χ0n) is 7.07. The number of hydrogen-bond acceptors (Lipinski definition) is 2. The summed E-state index contributed by atoms with van der Waals surface area (Å²) in [5.74, 6) is 0.193. The maximum Gasteiger partial charge on any atom is 0.122 e. The molecule has 0 radical (unpaired) electrons. The lowest BCUT2D eigenvalue weighted by molar-refractivity contribution is 0.303. The van der Waals surface area contributed by atoms with Crippen LogP contribution in [0, 0.1) is 0 Å². The molecule has 13 heavy (non-hydrogen) atoms. The predicted molar refractivity (Wildman–Crippen MR) is 53.9 cm³/mol. The summed E-state index contributed by atoms with van der Waals surface area (Å²) in [5.41, 5.74) is 0.668. The second-order valence-corrected chi connectivity index (χ2v) is 3.05. The topological polar surface area (TPSA) is 40.5 Å². The van der Waals surface area contributed by atoms with E-state index in [2.05, 4.69) is 0 Å². The first kappa shape index (κ1) is 10.1. The molecule has 1 rings (SSSR count). The van der Waals surface area contributed by atoms with Gasteiger partial charge >= 0.3 is 0 Å². The third kappa shape index (κ3) is 3.09. The van der Waals surface area contributed by atoms with Crippen LogP contribution in [0.4, 0.5) is 0 Å². The molecule has 3 heteroatoms. The first-order chi connectivity index (χ1) is 6.24. The van der Waals surface area contributed by atoms with E-state index in [0.717, 1.165) is 0 Å². The molecule has 0 saturated heterocycles. The minimum Gasteiger partial charge on any atom is -0.507 e. The Morgan fingerprint density at radius 1 is 1.38 bits per heavy atom. The van der Waals surface area contributed by atoms with E-state index in [1.807, 2.05) is 0 Å². The molecule has 0 saturated carbocycles. The Hall–Kier alpha value is -0.990. The van der Waals surface area contributed by atoms with Crippen molar-refractivity contribution in [1.29, 1.82) is 0 Å². The Morgan fingerprint density at radius 3 is 2.85 bits per heavy atom. The normalized spacial score (nSPS) is 10.9. The molecule has 0 aromatic heterocycles. The quantitative estimate of drug-likeness (QED) is 0.783. The molecule has 0 atom stereocenters. The number of aliphatic hydroxyl groups is 1. The van der Waals surface area contributed by atoms with Gasteiger partial charge in [-0.15, -0.1) is 0 Å². The number of aliphatic hydroxyl groups excluding tert-OH is 1. The number of rotatable bonds is 3. The number of hydrogen-bond donors (Lipinski definition) is 2. The lowest BCUT2D eigenvalue weighted by Crippen LogP contribution is -1.77. The minimum absolute atomic E-state index is 0.109. The van der Waals surface area contributed by atoms with Gasteiger partial charge in [-0.05, 0) is 24.6 Å². The maximum absolute atomic E-state index is 9.36. The molecule has 70 valence electrons. The van der Waals surface area contributed by atoms with Gasteiger partial charge in [0.05, 0.1) is 0 Å². The van der Waals surface area contributed by atoms with Crippen molar-refractivity contribution < 1.29 is 10.2 Å². The molecule has 0 aliphatic heterocycles. The van der Waals surface area contributed by atoms with Gasteiger partial charge in [0.2, 0.25) is 0 Å². The van der Waals surface area contributed by atoms with E-state index in [1.165, 1.54) is 0 Å². The smallest absolute Gasteiger partial charge is 0.122 e. The van der Waals surface area contributed by atoms with Crippen LogP contribution in [0.5, 0.6) is 5.75 Å². The molecular formula is C10H11ClO2. The summed E-state index contributed by atoms with van der Waals surface area (Å²) in [4.78, 5) is 0. The van der Waals surface area contributed by atoms with Gasteiger partial charge in [-0.1, -0.05) is 23.8 Å². The second-order valence-electron chi connectivity index (χ2n) is 2.62. The van der Waals surface area contributed by atoms with Gasteiger partial charge in [-0.3, -0.25) is 0 Å². The lowest BCUT2D eigenvalue weighted by Gasteiger charge is -1.98. The molecule has 0 bridgehead atoms. The van der Waals surface area contributed by atoms with Gasteiger partial charge in [0, 0.05) is 17.2 Å². The van der Waals surface area contributed by atoms with Gasteiger partial charge in [0.25, 0.3) is 0 Å². The number of phenols is 1. The molecule has 1 aromatic rings. The van der Waals surface area contributed by atoms with Crippen LogP contribution in [0.25, 0.3) is 6.08 Å². The summed E-state index contributed by atoms with van der Waals surface area (Å²) in [6.45, 7) is 0.109. The van der Waals surface area contributed by atoms with E-state index in [0.29, 0.717) is 17.0 Å². The minimum atomic E-state index is 0.109. The largest absolute Gasteiger partial charge is 0.507 e. The summed E-state index contributed by atoms with van der Waals surface area (Å²) in [7, 11) is 0. The van der Waals surface area contributed by atoms with Crippen molar-refractivity contribution in [2.24, 2.45) is 0 Å². The average molecular weight is 199 g/mol. The van der Waals surface area contributed by atoms with Crippen LogP contribution in [-0.4, -0.2) is 16.8 Å². The second kappa shape index (κ2) is 4.90. The fraction of sp³-hybridized carbons (Fsp3) is 0.200. The molecule has 0 fully saturated rings. The van der Waals surface area contributed by atoms with Gasteiger partial charge < -0.3 is 10.2 Å². The zero-order chi connectivity index (χ0) is 9.68. The van der Waals surface area contributed by atoms with Crippen molar-refractivity contribution in [2.45, 2.75) is 6.42 Å². The number of phenolic OH excluding ortho intramolecular Hbond substituents is 1. The van der Waals surface area contributed by atoms with Crippen LogP contribution in [0.1, 0.15) is 12.0 Å². The average Bonchev–Trinajstić information content (AvgIpc) is 2.11. The van der Waals surface area contributed by atoms with E-state index in [4.69, 9.17) is 16.7 Å². The van der Waals surface area contributed by atoms with E-state index >= 15 is 0 Å². The molecule has 2 nitrogen and oxygen atoms in total. The zero-order valence-corrected chi connectivity index (χ0v) is 7.83. The highest BCUT2D eigenvalue weighted by atomic mass is 35.5. The van der Waals surface area contributed by atoms with Crippen molar-refractivity contribution in [2.75, 3.05) is 6.61 Å². The highest BCUT2D eigenvalue weighted by Crippen LogP contribution is 2.22. The summed E-state index contributed by atoms with van der Waals surface area (Å²) < 4.78 is 0. The molecular weight excluding hydrogens is 188 g/mol. The van der Waals surface area contributed by atoms with Crippen LogP contribution >= 0.6 is 11.6 Å². The van der Waals surface area contributed by atoms with Crippen molar-refractivity contribution in [3.63, 3.8) is 0 Å². The Kier molecular flexibility index (Phi) is 3.80. The van der Waals surface area contributed by atoms with Gasteiger partial charge in [-0.2, -0.15) is 0 Å². The molecule has 2 N–H and O–H groups in total. The van der Waals surface area contributed by atoms with Gasteiger partial charge in [0.15, 0.2) is 0 Å². The fourth-order valence-corrected chi connectivity index (χ4v) is 1.12. The Bertz CT molecular complexity index is 308. The summed E-state index contributed by atoms with van der Waals surface area (Å²) >= 11 is 5.74. The van der Waals surface area contributed by atoms with Crippen LogP contribution in [-0.2, 0) is 0 Å². The number of halogens is 1. The third-order valence-corrected chi connectivity index (χ3v) is 1.82. The summed E-state index contributed by atoms with van der Waals surface area (Å²) in [6.07, 6.45) is 4.09. The summed E-state index contributed by atoms with van der Waals surface area (Å²) in [6, 6.07) is 4.84. The molecule has 0 heterocycles. The Balaban J connectivity index is 2.81. The van der Waals surface area contributed by atoms with E-state index in [1.54, 1.807) is 30.4 Å². The monoisotopic (exact) mass is 198 g/mol. The standard InChI is InChI=1S/C10H11ClO2/c11-9-4-5-10(13)8(7-9)3-1-2-6-12/h1,3-5,7,12-13H,2,6H2. The molecule has 0 aliphatic rings. The van der Waals surface area contributed by atoms with E-state index in [-0.39, 0.29) is 12.4 Å². The van der Waals surface area contributed by atoms with Gasteiger partial charge in [0.1, 0.15) is 5.75 Å².